The topological polar surface area (TPSA) is 78.9 Å². The van der Waals surface area contributed by atoms with E-state index in [0.29, 0.717) is 19.3 Å². The van der Waals surface area contributed by atoms with Crippen LogP contribution in [-0.2, 0) is 28.6 Å². The summed E-state index contributed by atoms with van der Waals surface area (Å²) in [5, 5.41) is 0. The van der Waals surface area contributed by atoms with Crippen molar-refractivity contribution in [3.63, 3.8) is 0 Å². The van der Waals surface area contributed by atoms with Crippen LogP contribution in [0.2, 0.25) is 0 Å². The van der Waals surface area contributed by atoms with Crippen LogP contribution >= 0.6 is 0 Å². The molecule has 6 nitrogen and oxygen atoms in total. The average molecular weight is 948 g/mol. The molecule has 0 bridgehead atoms. The molecule has 1 unspecified atom stereocenters. The van der Waals surface area contributed by atoms with Gasteiger partial charge >= 0.3 is 17.9 Å². The van der Waals surface area contributed by atoms with Crippen LogP contribution in [-0.4, -0.2) is 37.2 Å². The maximum Gasteiger partial charge on any atom is 0.306 e. The van der Waals surface area contributed by atoms with Crippen LogP contribution in [0.25, 0.3) is 0 Å². The lowest BCUT2D eigenvalue weighted by molar-refractivity contribution is -0.167. The standard InChI is InChI=1S/C62H106O6/c1-4-7-10-13-16-19-22-25-28-31-34-37-40-43-46-49-52-55-61(64)67-58-59(57-66-60(63)54-51-48-45-42-39-36-33-30-27-24-21-18-15-12-9-6-3)68-62(65)56-53-50-47-44-41-38-35-32-29-26-23-20-17-14-11-8-5-2/h7,10,16-17,19-20,25-26,28-30,33-34,37,59H,4-6,8-9,11-15,18,21-24,27,31-32,35-36,38-58H2,1-3H3/b10-7-,19-16-,20-17-,28-25-,29-26-,33-30-,37-34-. The van der Waals surface area contributed by atoms with Crippen molar-refractivity contribution in [3.8, 4) is 0 Å². The molecule has 0 radical (unpaired) electrons. The van der Waals surface area contributed by atoms with Gasteiger partial charge in [-0.2, -0.15) is 0 Å². The van der Waals surface area contributed by atoms with Crippen molar-refractivity contribution in [2.45, 2.75) is 277 Å². The Morgan fingerprint density at radius 1 is 0.309 bits per heavy atom. The molecule has 0 amide bonds. The molecule has 6 heteroatoms. The molecule has 0 spiro atoms. The van der Waals surface area contributed by atoms with E-state index < -0.39 is 6.10 Å². The zero-order chi connectivity index (χ0) is 49.3. The molecule has 0 aromatic rings. The average Bonchev–Trinajstić information content (AvgIpc) is 3.34. The van der Waals surface area contributed by atoms with E-state index in [9.17, 15) is 14.4 Å². The number of carbonyl (C=O) groups excluding carboxylic acids is 3. The number of allylic oxidation sites excluding steroid dienone is 14. The van der Waals surface area contributed by atoms with E-state index in [4.69, 9.17) is 14.2 Å². The molecule has 0 aliphatic heterocycles. The minimum Gasteiger partial charge on any atom is -0.462 e. The fraction of sp³-hybridized carbons (Fsp3) is 0.726. The van der Waals surface area contributed by atoms with Crippen molar-refractivity contribution >= 4 is 17.9 Å². The van der Waals surface area contributed by atoms with Gasteiger partial charge in [0.05, 0.1) is 0 Å². The number of rotatable bonds is 51. The van der Waals surface area contributed by atoms with E-state index >= 15 is 0 Å². The van der Waals surface area contributed by atoms with Crippen LogP contribution < -0.4 is 0 Å². The van der Waals surface area contributed by atoms with Gasteiger partial charge in [-0.25, -0.2) is 0 Å². The molecule has 0 aliphatic rings. The summed E-state index contributed by atoms with van der Waals surface area (Å²) in [5.41, 5.74) is 0. The normalized spacial score (nSPS) is 12.7. The maximum atomic E-state index is 12.9. The van der Waals surface area contributed by atoms with Gasteiger partial charge in [0.2, 0.25) is 0 Å². The summed E-state index contributed by atoms with van der Waals surface area (Å²) in [4.78, 5) is 38.2. The predicted molar refractivity (Wildman–Crippen MR) is 293 cm³/mol. The van der Waals surface area contributed by atoms with E-state index in [2.05, 4.69) is 106 Å². The highest BCUT2D eigenvalue weighted by Crippen LogP contribution is 2.14. The van der Waals surface area contributed by atoms with E-state index in [1.165, 1.54) is 116 Å². The minimum atomic E-state index is -0.795. The first-order chi connectivity index (χ1) is 33.5. The Hall–Kier alpha value is -3.41. The third-order valence-electron chi connectivity index (χ3n) is 12.1. The van der Waals surface area contributed by atoms with Gasteiger partial charge in [0.15, 0.2) is 6.10 Å². The Balaban J connectivity index is 4.45. The Morgan fingerprint density at radius 2 is 0.574 bits per heavy atom. The number of hydrogen-bond acceptors (Lipinski definition) is 6. The van der Waals surface area contributed by atoms with E-state index in [0.717, 1.165) is 116 Å². The molecule has 1 atom stereocenters. The zero-order valence-corrected chi connectivity index (χ0v) is 44.6. The Kier molecular flexibility index (Phi) is 53.4. The summed E-state index contributed by atoms with van der Waals surface area (Å²) >= 11 is 0. The minimum absolute atomic E-state index is 0.0920. The van der Waals surface area contributed by atoms with Crippen molar-refractivity contribution in [2.24, 2.45) is 0 Å². The van der Waals surface area contributed by atoms with Crippen LogP contribution in [0.5, 0.6) is 0 Å². The summed E-state index contributed by atoms with van der Waals surface area (Å²) < 4.78 is 16.8. The molecule has 0 saturated carbocycles. The van der Waals surface area contributed by atoms with Crippen LogP contribution in [0.1, 0.15) is 271 Å². The summed E-state index contributed by atoms with van der Waals surface area (Å²) in [5.74, 6) is -0.927. The van der Waals surface area contributed by atoms with Crippen LogP contribution in [0.3, 0.4) is 0 Å². The first kappa shape index (κ1) is 64.6. The Labute approximate surface area is 420 Å². The lowest BCUT2D eigenvalue weighted by atomic mass is 10.1. The summed E-state index contributed by atoms with van der Waals surface area (Å²) in [6, 6.07) is 0. The first-order valence-electron chi connectivity index (χ1n) is 28.6. The van der Waals surface area contributed by atoms with Gasteiger partial charge in [0.1, 0.15) is 13.2 Å². The quantitative estimate of drug-likeness (QED) is 0.0262. The molecule has 390 valence electrons. The monoisotopic (exact) mass is 947 g/mol. The second kappa shape index (κ2) is 56.2. The Morgan fingerprint density at radius 3 is 0.941 bits per heavy atom. The molecular formula is C62H106O6. The number of carbonyl (C=O) groups is 3. The molecule has 0 fully saturated rings. The van der Waals surface area contributed by atoms with Gasteiger partial charge < -0.3 is 14.2 Å². The maximum absolute atomic E-state index is 12.9. The zero-order valence-electron chi connectivity index (χ0n) is 44.6. The van der Waals surface area contributed by atoms with Crippen molar-refractivity contribution in [1.29, 1.82) is 0 Å². The van der Waals surface area contributed by atoms with Crippen molar-refractivity contribution in [2.75, 3.05) is 13.2 Å². The fourth-order valence-corrected chi connectivity index (χ4v) is 7.81. The third kappa shape index (κ3) is 53.5. The van der Waals surface area contributed by atoms with Gasteiger partial charge in [0.25, 0.3) is 0 Å². The van der Waals surface area contributed by atoms with E-state index in [1.54, 1.807) is 0 Å². The highest BCUT2D eigenvalue weighted by molar-refractivity contribution is 5.71. The fourth-order valence-electron chi connectivity index (χ4n) is 7.81. The second-order valence-electron chi connectivity index (χ2n) is 18.8. The molecule has 0 aromatic heterocycles. The molecule has 68 heavy (non-hydrogen) atoms. The summed E-state index contributed by atoms with van der Waals surface area (Å²) in [6.45, 7) is 6.48. The lowest BCUT2D eigenvalue weighted by Gasteiger charge is -2.18. The van der Waals surface area contributed by atoms with Gasteiger partial charge in [-0.15, -0.1) is 0 Å². The predicted octanol–water partition coefficient (Wildman–Crippen LogP) is 19.2. The van der Waals surface area contributed by atoms with Crippen molar-refractivity contribution in [3.05, 3.63) is 85.1 Å². The van der Waals surface area contributed by atoms with Gasteiger partial charge in [-0.05, 0) is 116 Å². The largest absolute Gasteiger partial charge is 0.462 e. The number of unbranched alkanes of at least 4 members (excludes halogenated alkanes) is 26. The molecule has 0 rings (SSSR count). The highest BCUT2D eigenvalue weighted by Gasteiger charge is 2.19. The van der Waals surface area contributed by atoms with Gasteiger partial charge in [-0.3, -0.25) is 14.4 Å². The Bertz CT molecular complexity index is 1320. The van der Waals surface area contributed by atoms with E-state index in [-0.39, 0.29) is 31.1 Å². The summed E-state index contributed by atoms with van der Waals surface area (Å²) in [7, 11) is 0. The number of ether oxygens (including phenoxy) is 3. The third-order valence-corrected chi connectivity index (χ3v) is 12.1. The van der Waals surface area contributed by atoms with Crippen molar-refractivity contribution < 1.29 is 28.6 Å². The first-order valence-corrected chi connectivity index (χ1v) is 28.6. The molecule has 0 aliphatic carbocycles. The smallest absolute Gasteiger partial charge is 0.306 e. The summed E-state index contributed by atoms with van der Waals surface area (Å²) in [6.07, 6.45) is 72.8. The lowest BCUT2D eigenvalue weighted by Crippen LogP contribution is -2.30. The second-order valence-corrected chi connectivity index (χ2v) is 18.8. The molecule has 0 heterocycles. The van der Waals surface area contributed by atoms with Crippen LogP contribution in [0.15, 0.2) is 85.1 Å². The SMILES string of the molecule is CC/C=C\C/C=C\C/C=C\C/C=C\CCCCCCC(=O)OCC(COC(=O)CCCCCCC/C=C\CCCCCCCCC)OC(=O)CCCCCCCCC/C=C\C/C=C\CCCCC. The van der Waals surface area contributed by atoms with Gasteiger partial charge in [0, 0.05) is 19.3 Å². The molecule has 0 saturated heterocycles. The number of hydrogen-bond donors (Lipinski definition) is 0. The van der Waals surface area contributed by atoms with Crippen molar-refractivity contribution in [1.82, 2.24) is 0 Å². The van der Waals surface area contributed by atoms with Crippen LogP contribution in [0, 0.1) is 0 Å². The molecule has 0 N–H and O–H groups in total. The number of esters is 3. The van der Waals surface area contributed by atoms with Crippen LogP contribution in [0.4, 0.5) is 0 Å². The van der Waals surface area contributed by atoms with E-state index in [1.807, 2.05) is 0 Å². The van der Waals surface area contributed by atoms with Gasteiger partial charge in [-0.1, -0.05) is 221 Å². The highest BCUT2D eigenvalue weighted by atomic mass is 16.6. The molecular weight excluding hydrogens is 841 g/mol. The molecule has 0 aromatic carbocycles.